The van der Waals surface area contributed by atoms with Crippen LogP contribution in [0.25, 0.3) is 11.0 Å². The zero-order chi connectivity index (χ0) is 19.6. The number of imidazole rings is 1. The molecule has 1 heterocycles. The lowest BCUT2D eigenvalue weighted by atomic mass is 10.2. The first-order valence-corrected chi connectivity index (χ1v) is 8.49. The van der Waals surface area contributed by atoms with E-state index in [0.717, 1.165) is 18.0 Å². The molecule has 0 saturated heterocycles. The van der Waals surface area contributed by atoms with Crippen molar-refractivity contribution < 1.29 is 14.0 Å². The van der Waals surface area contributed by atoms with Gasteiger partial charge in [-0.1, -0.05) is 19.1 Å². The molecular formula is C19H19FN4O3. The van der Waals surface area contributed by atoms with Gasteiger partial charge in [-0.05, 0) is 36.8 Å². The minimum absolute atomic E-state index is 0.209. The van der Waals surface area contributed by atoms with E-state index in [1.54, 1.807) is 16.7 Å². The van der Waals surface area contributed by atoms with E-state index in [-0.39, 0.29) is 23.5 Å². The van der Waals surface area contributed by atoms with Crippen LogP contribution in [0.3, 0.4) is 0 Å². The number of aromatic nitrogens is 2. The van der Waals surface area contributed by atoms with Gasteiger partial charge in [-0.2, -0.15) is 0 Å². The number of hydrogen-bond acceptors (Lipinski definition) is 3. The molecule has 3 N–H and O–H groups in total. The van der Waals surface area contributed by atoms with Crippen LogP contribution >= 0.6 is 0 Å². The Morgan fingerprint density at radius 3 is 2.41 bits per heavy atom. The quantitative estimate of drug-likeness (QED) is 0.695. The van der Waals surface area contributed by atoms with Crippen LogP contribution in [0.4, 0.5) is 10.1 Å². The first kappa shape index (κ1) is 18.4. The van der Waals surface area contributed by atoms with E-state index in [4.69, 9.17) is 5.73 Å². The molecule has 0 spiro atoms. The van der Waals surface area contributed by atoms with Gasteiger partial charge in [0.05, 0.1) is 16.6 Å². The van der Waals surface area contributed by atoms with Crippen LogP contribution in [0.15, 0.2) is 47.3 Å². The Morgan fingerprint density at radius 2 is 1.78 bits per heavy atom. The van der Waals surface area contributed by atoms with Gasteiger partial charge in [-0.25, -0.2) is 9.18 Å². The second-order valence-corrected chi connectivity index (χ2v) is 6.12. The largest absolute Gasteiger partial charge is 0.366 e. The highest BCUT2D eigenvalue weighted by molar-refractivity contribution is 5.96. The molecular weight excluding hydrogens is 351 g/mol. The van der Waals surface area contributed by atoms with E-state index in [9.17, 15) is 18.8 Å². The summed E-state index contributed by atoms with van der Waals surface area (Å²) in [5, 5.41) is 2.56. The van der Waals surface area contributed by atoms with Gasteiger partial charge in [0.15, 0.2) is 0 Å². The summed E-state index contributed by atoms with van der Waals surface area (Å²) >= 11 is 0. The van der Waals surface area contributed by atoms with Crippen LogP contribution in [-0.2, 0) is 17.9 Å². The van der Waals surface area contributed by atoms with Gasteiger partial charge in [0.1, 0.15) is 12.4 Å². The molecule has 2 aromatic carbocycles. The van der Waals surface area contributed by atoms with Gasteiger partial charge >= 0.3 is 5.69 Å². The van der Waals surface area contributed by atoms with Crippen molar-refractivity contribution in [3.8, 4) is 0 Å². The average molecular weight is 370 g/mol. The molecule has 1 aromatic heterocycles. The molecule has 0 fully saturated rings. The summed E-state index contributed by atoms with van der Waals surface area (Å²) in [5.41, 5.74) is 6.16. The number of para-hydroxylation sites is 2. The fourth-order valence-electron chi connectivity index (χ4n) is 3.00. The minimum atomic E-state index is -0.928. The van der Waals surface area contributed by atoms with Crippen LogP contribution in [0.2, 0.25) is 0 Å². The zero-order valence-corrected chi connectivity index (χ0v) is 14.7. The van der Waals surface area contributed by atoms with Crippen molar-refractivity contribution in [3.63, 3.8) is 0 Å². The molecule has 8 heteroatoms. The fraction of sp³-hybridized carbons (Fsp3) is 0.211. The Balaban J connectivity index is 1.89. The number of primary amides is 1. The van der Waals surface area contributed by atoms with Gasteiger partial charge in [0.25, 0.3) is 5.91 Å². The van der Waals surface area contributed by atoms with E-state index in [2.05, 4.69) is 5.32 Å². The molecule has 27 heavy (non-hydrogen) atoms. The lowest BCUT2D eigenvalue weighted by Crippen LogP contribution is -2.29. The van der Waals surface area contributed by atoms with Gasteiger partial charge in [0, 0.05) is 12.2 Å². The standard InChI is InChI=1S/C19H19FN4O3/c1-2-9-23-15-5-3-4-6-16(15)24(19(23)27)11-17(25)22-12-7-8-14(20)13(10-12)18(21)26/h3-8,10H,2,9,11H2,1H3,(H2,21,26)(H,22,25). The molecule has 0 aliphatic heterocycles. The Morgan fingerprint density at radius 1 is 1.11 bits per heavy atom. The number of aryl methyl sites for hydroxylation is 1. The highest BCUT2D eigenvalue weighted by Crippen LogP contribution is 2.16. The number of benzene rings is 2. The summed E-state index contributed by atoms with van der Waals surface area (Å²) in [6.07, 6.45) is 0.783. The van der Waals surface area contributed by atoms with Gasteiger partial charge in [0.2, 0.25) is 5.91 Å². The van der Waals surface area contributed by atoms with E-state index >= 15 is 0 Å². The lowest BCUT2D eigenvalue weighted by molar-refractivity contribution is -0.116. The lowest BCUT2D eigenvalue weighted by Gasteiger charge is -2.08. The normalized spacial score (nSPS) is 10.9. The van der Waals surface area contributed by atoms with E-state index in [0.29, 0.717) is 12.1 Å². The van der Waals surface area contributed by atoms with E-state index < -0.39 is 17.6 Å². The number of rotatable bonds is 6. The maximum Gasteiger partial charge on any atom is 0.329 e. The number of hydrogen-bond donors (Lipinski definition) is 2. The Kier molecular flexibility index (Phi) is 5.07. The van der Waals surface area contributed by atoms with Gasteiger partial charge < -0.3 is 11.1 Å². The summed E-state index contributed by atoms with van der Waals surface area (Å²) in [6, 6.07) is 10.8. The molecule has 3 rings (SSSR count). The average Bonchev–Trinajstić information content (AvgIpc) is 2.89. The number of nitrogens with one attached hydrogen (secondary N) is 1. The van der Waals surface area contributed by atoms with Gasteiger partial charge in [-0.3, -0.25) is 18.7 Å². The molecule has 0 radical (unpaired) electrons. The number of nitrogens with two attached hydrogens (primary N) is 1. The van der Waals surface area contributed by atoms with Crippen molar-refractivity contribution in [1.29, 1.82) is 0 Å². The number of fused-ring (bicyclic) bond motifs is 1. The second-order valence-electron chi connectivity index (χ2n) is 6.12. The number of amides is 2. The van der Waals surface area contributed by atoms with Crippen LogP contribution in [0.1, 0.15) is 23.7 Å². The predicted molar refractivity (Wildman–Crippen MR) is 100 cm³/mol. The number of anilines is 1. The molecule has 7 nitrogen and oxygen atoms in total. The topological polar surface area (TPSA) is 99.1 Å². The van der Waals surface area contributed by atoms with Crippen molar-refractivity contribution in [1.82, 2.24) is 9.13 Å². The highest BCUT2D eigenvalue weighted by Gasteiger charge is 2.16. The molecule has 2 amide bonds. The highest BCUT2D eigenvalue weighted by atomic mass is 19.1. The molecule has 0 saturated carbocycles. The van der Waals surface area contributed by atoms with E-state index in [1.165, 1.54) is 16.7 Å². The van der Waals surface area contributed by atoms with Crippen molar-refractivity contribution >= 4 is 28.5 Å². The first-order valence-electron chi connectivity index (χ1n) is 8.49. The smallest absolute Gasteiger partial charge is 0.329 e. The summed E-state index contributed by atoms with van der Waals surface area (Å²) in [4.78, 5) is 36.3. The molecule has 0 aliphatic carbocycles. The molecule has 0 bridgehead atoms. The SMILES string of the molecule is CCCn1c(=O)n(CC(=O)Nc2ccc(F)c(C(N)=O)c2)c2ccccc21. The predicted octanol–water partition coefficient (Wildman–Crippen LogP) is 2.09. The Bertz CT molecular complexity index is 1080. The molecule has 0 aliphatic rings. The zero-order valence-electron chi connectivity index (χ0n) is 14.7. The maximum atomic E-state index is 13.5. The molecule has 140 valence electrons. The molecule has 0 unspecified atom stereocenters. The van der Waals surface area contributed by atoms with Crippen molar-refractivity contribution in [2.24, 2.45) is 5.73 Å². The summed E-state index contributed by atoms with van der Waals surface area (Å²) < 4.78 is 16.6. The number of carbonyl (C=O) groups is 2. The third kappa shape index (κ3) is 3.59. The monoisotopic (exact) mass is 370 g/mol. The van der Waals surface area contributed by atoms with Crippen LogP contribution < -0.4 is 16.7 Å². The van der Waals surface area contributed by atoms with Crippen LogP contribution in [0, 0.1) is 5.82 Å². The Hall–Kier alpha value is -3.42. The van der Waals surface area contributed by atoms with E-state index in [1.807, 2.05) is 19.1 Å². The number of halogens is 1. The summed E-state index contributed by atoms with van der Waals surface area (Å²) in [6.45, 7) is 2.31. The summed E-state index contributed by atoms with van der Waals surface area (Å²) in [7, 11) is 0. The number of nitrogens with zero attached hydrogens (tertiary/aromatic N) is 2. The fourth-order valence-corrected chi connectivity index (χ4v) is 3.00. The summed E-state index contributed by atoms with van der Waals surface area (Å²) in [5.74, 6) is -2.17. The van der Waals surface area contributed by atoms with Crippen LogP contribution in [-0.4, -0.2) is 20.9 Å². The van der Waals surface area contributed by atoms with Crippen molar-refractivity contribution in [2.75, 3.05) is 5.32 Å². The number of carbonyl (C=O) groups excluding carboxylic acids is 2. The van der Waals surface area contributed by atoms with Gasteiger partial charge in [-0.15, -0.1) is 0 Å². The second kappa shape index (κ2) is 7.45. The van der Waals surface area contributed by atoms with Crippen LogP contribution in [0.5, 0.6) is 0 Å². The third-order valence-electron chi connectivity index (χ3n) is 4.19. The maximum absolute atomic E-state index is 13.5. The molecule has 0 atom stereocenters. The minimum Gasteiger partial charge on any atom is -0.366 e. The Labute approximate surface area is 154 Å². The van der Waals surface area contributed by atoms with Crippen molar-refractivity contribution in [3.05, 3.63) is 64.3 Å². The van der Waals surface area contributed by atoms with Crippen molar-refractivity contribution in [2.45, 2.75) is 26.4 Å². The third-order valence-corrected chi connectivity index (χ3v) is 4.19. The molecule has 3 aromatic rings. The first-order chi connectivity index (χ1) is 12.9.